The molecule has 0 spiro atoms. The molecule has 0 radical (unpaired) electrons. The molecular formula is C18H28N2. The molecule has 1 heterocycles. The van der Waals surface area contributed by atoms with Crippen molar-refractivity contribution >= 4 is 0 Å². The third kappa shape index (κ3) is 2.91. The molecule has 0 saturated carbocycles. The van der Waals surface area contributed by atoms with Gasteiger partial charge in [0, 0.05) is 32.2 Å². The van der Waals surface area contributed by atoms with E-state index in [2.05, 4.69) is 49.2 Å². The van der Waals surface area contributed by atoms with E-state index in [0.717, 1.165) is 19.6 Å². The predicted octanol–water partition coefficient (Wildman–Crippen LogP) is 3.00. The van der Waals surface area contributed by atoms with Gasteiger partial charge in [-0.15, -0.1) is 0 Å². The van der Waals surface area contributed by atoms with Crippen LogP contribution in [0.2, 0.25) is 0 Å². The molecule has 1 fully saturated rings. The summed E-state index contributed by atoms with van der Waals surface area (Å²) in [6.45, 7) is 11.6. The van der Waals surface area contributed by atoms with Crippen molar-refractivity contribution in [2.24, 2.45) is 5.41 Å². The van der Waals surface area contributed by atoms with Gasteiger partial charge in [0.1, 0.15) is 0 Å². The lowest BCUT2D eigenvalue weighted by Gasteiger charge is -2.43. The van der Waals surface area contributed by atoms with E-state index in [1.54, 1.807) is 11.1 Å². The zero-order valence-electron chi connectivity index (χ0n) is 13.2. The Morgan fingerprint density at radius 1 is 1.20 bits per heavy atom. The third-order valence-corrected chi connectivity index (χ3v) is 4.90. The van der Waals surface area contributed by atoms with E-state index in [4.69, 9.17) is 0 Å². The van der Waals surface area contributed by atoms with Crippen LogP contribution in [0.3, 0.4) is 0 Å². The van der Waals surface area contributed by atoms with Crippen LogP contribution in [0.15, 0.2) is 18.2 Å². The number of hydrogen-bond acceptors (Lipinski definition) is 2. The van der Waals surface area contributed by atoms with E-state index in [-0.39, 0.29) is 0 Å². The summed E-state index contributed by atoms with van der Waals surface area (Å²) in [5, 5.41) is 3.56. The Balaban J connectivity index is 1.75. The summed E-state index contributed by atoms with van der Waals surface area (Å²) in [6.07, 6.45) is 3.92. The molecule has 1 aliphatic heterocycles. The fourth-order valence-corrected chi connectivity index (χ4v) is 3.75. The SMILES string of the molecule is CC(C)(C)C1CNCCN1Cc1ccc2c(c1)CCC2. The Labute approximate surface area is 123 Å². The van der Waals surface area contributed by atoms with E-state index in [9.17, 15) is 0 Å². The Bertz CT molecular complexity index is 473. The molecule has 0 bridgehead atoms. The van der Waals surface area contributed by atoms with Gasteiger partial charge in [0.25, 0.3) is 0 Å². The highest BCUT2D eigenvalue weighted by Crippen LogP contribution is 2.28. The molecular weight excluding hydrogens is 244 g/mol. The molecule has 0 aromatic heterocycles. The zero-order valence-corrected chi connectivity index (χ0v) is 13.2. The number of nitrogens with one attached hydrogen (secondary N) is 1. The van der Waals surface area contributed by atoms with Gasteiger partial charge in [0.15, 0.2) is 0 Å². The van der Waals surface area contributed by atoms with Crippen LogP contribution in [-0.2, 0) is 19.4 Å². The van der Waals surface area contributed by atoms with Crippen LogP contribution in [0.1, 0.15) is 43.9 Å². The lowest BCUT2D eigenvalue weighted by Crippen LogP contribution is -2.56. The maximum Gasteiger partial charge on any atom is 0.0273 e. The summed E-state index contributed by atoms with van der Waals surface area (Å²) in [5.74, 6) is 0. The second kappa shape index (κ2) is 5.50. The second-order valence-electron chi connectivity index (χ2n) is 7.51. The molecule has 0 amide bonds. The molecule has 1 aliphatic carbocycles. The number of rotatable bonds is 2. The van der Waals surface area contributed by atoms with Crippen molar-refractivity contribution in [3.8, 4) is 0 Å². The first kappa shape index (κ1) is 14.1. The zero-order chi connectivity index (χ0) is 14.2. The summed E-state index contributed by atoms with van der Waals surface area (Å²) in [6, 6.07) is 7.81. The van der Waals surface area contributed by atoms with E-state index < -0.39 is 0 Å². The maximum atomic E-state index is 3.56. The standard InChI is InChI=1S/C18H28N2/c1-18(2,3)17-12-19-9-10-20(17)13-14-7-8-15-5-4-6-16(15)11-14/h7-8,11,17,19H,4-6,9-10,12-13H2,1-3H3. The topological polar surface area (TPSA) is 15.3 Å². The van der Waals surface area contributed by atoms with Gasteiger partial charge in [-0.25, -0.2) is 0 Å². The first-order valence-corrected chi connectivity index (χ1v) is 8.09. The maximum absolute atomic E-state index is 3.56. The van der Waals surface area contributed by atoms with E-state index >= 15 is 0 Å². The average molecular weight is 272 g/mol. The van der Waals surface area contributed by atoms with Gasteiger partial charge >= 0.3 is 0 Å². The Morgan fingerprint density at radius 3 is 2.80 bits per heavy atom. The smallest absolute Gasteiger partial charge is 0.0273 e. The average Bonchev–Trinajstić information content (AvgIpc) is 2.85. The van der Waals surface area contributed by atoms with Gasteiger partial charge in [-0.2, -0.15) is 0 Å². The largest absolute Gasteiger partial charge is 0.314 e. The van der Waals surface area contributed by atoms with Crippen molar-refractivity contribution in [3.63, 3.8) is 0 Å². The van der Waals surface area contributed by atoms with Crippen LogP contribution in [0.5, 0.6) is 0 Å². The lowest BCUT2D eigenvalue weighted by atomic mass is 9.84. The molecule has 1 aromatic carbocycles. The highest BCUT2D eigenvalue weighted by atomic mass is 15.2. The number of nitrogens with zero attached hydrogens (tertiary/aromatic N) is 1. The highest BCUT2D eigenvalue weighted by molar-refractivity contribution is 5.35. The molecule has 1 N–H and O–H groups in total. The third-order valence-electron chi connectivity index (χ3n) is 4.90. The minimum Gasteiger partial charge on any atom is -0.314 e. The fourth-order valence-electron chi connectivity index (χ4n) is 3.75. The number of fused-ring (bicyclic) bond motifs is 1. The van der Waals surface area contributed by atoms with Crippen molar-refractivity contribution in [1.29, 1.82) is 0 Å². The molecule has 3 rings (SSSR count). The number of aryl methyl sites for hydroxylation is 2. The minimum atomic E-state index is 0.337. The first-order valence-electron chi connectivity index (χ1n) is 8.09. The molecule has 1 unspecified atom stereocenters. The summed E-state index contributed by atoms with van der Waals surface area (Å²) in [7, 11) is 0. The van der Waals surface area contributed by atoms with Gasteiger partial charge < -0.3 is 5.32 Å². The Kier molecular flexibility index (Phi) is 3.87. The van der Waals surface area contributed by atoms with Gasteiger partial charge in [0.05, 0.1) is 0 Å². The number of hydrogen-bond donors (Lipinski definition) is 1. The molecule has 1 saturated heterocycles. The van der Waals surface area contributed by atoms with Gasteiger partial charge in [-0.05, 0) is 41.4 Å². The van der Waals surface area contributed by atoms with Crippen molar-refractivity contribution in [3.05, 3.63) is 34.9 Å². The van der Waals surface area contributed by atoms with Crippen LogP contribution < -0.4 is 5.32 Å². The van der Waals surface area contributed by atoms with E-state index in [1.807, 2.05) is 0 Å². The quantitative estimate of drug-likeness (QED) is 0.890. The Morgan fingerprint density at radius 2 is 2.00 bits per heavy atom. The van der Waals surface area contributed by atoms with Crippen LogP contribution >= 0.6 is 0 Å². The Hall–Kier alpha value is -0.860. The molecule has 2 nitrogen and oxygen atoms in total. The number of benzene rings is 1. The van der Waals surface area contributed by atoms with Crippen molar-refractivity contribution in [2.75, 3.05) is 19.6 Å². The summed E-state index contributed by atoms with van der Waals surface area (Å²) in [5.41, 5.74) is 5.03. The normalized spacial score (nSPS) is 23.9. The van der Waals surface area contributed by atoms with Crippen molar-refractivity contribution in [1.82, 2.24) is 10.2 Å². The summed E-state index contributed by atoms with van der Waals surface area (Å²) in [4.78, 5) is 2.67. The van der Waals surface area contributed by atoms with E-state index in [0.29, 0.717) is 11.5 Å². The molecule has 2 aliphatic rings. The predicted molar refractivity (Wildman–Crippen MR) is 85.0 cm³/mol. The highest BCUT2D eigenvalue weighted by Gasteiger charge is 2.32. The summed E-state index contributed by atoms with van der Waals surface area (Å²) >= 11 is 0. The lowest BCUT2D eigenvalue weighted by molar-refractivity contribution is 0.0689. The summed E-state index contributed by atoms with van der Waals surface area (Å²) < 4.78 is 0. The molecule has 110 valence electrons. The molecule has 1 aromatic rings. The van der Waals surface area contributed by atoms with Crippen LogP contribution in [0, 0.1) is 5.41 Å². The number of piperazine rings is 1. The van der Waals surface area contributed by atoms with Crippen molar-refractivity contribution in [2.45, 2.75) is 52.6 Å². The van der Waals surface area contributed by atoms with Crippen LogP contribution in [0.25, 0.3) is 0 Å². The van der Waals surface area contributed by atoms with Gasteiger partial charge in [-0.3, -0.25) is 4.90 Å². The monoisotopic (exact) mass is 272 g/mol. The van der Waals surface area contributed by atoms with Crippen LogP contribution in [0.4, 0.5) is 0 Å². The first-order chi connectivity index (χ1) is 9.54. The van der Waals surface area contributed by atoms with Crippen molar-refractivity contribution < 1.29 is 0 Å². The van der Waals surface area contributed by atoms with E-state index in [1.165, 1.54) is 31.4 Å². The molecule has 20 heavy (non-hydrogen) atoms. The van der Waals surface area contributed by atoms with Crippen LogP contribution in [-0.4, -0.2) is 30.6 Å². The molecule has 2 heteroatoms. The molecule has 1 atom stereocenters. The fraction of sp³-hybridized carbons (Fsp3) is 0.667. The minimum absolute atomic E-state index is 0.337. The van der Waals surface area contributed by atoms with Gasteiger partial charge in [-0.1, -0.05) is 39.0 Å². The second-order valence-corrected chi connectivity index (χ2v) is 7.51. The van der Waals surface area contributed by atoms with Gasteiger partial charge in [0.2, 0.25) is 0 Å².